The zero-order valence-electron chi connectivity index (χ0n) is 7.36. The Bertz CT molecular complexity index is 361. The van der Waals surface area contributed by atoms with Crippen molar-refractivity contribution in [3.63, 3.8) is 0 Å². The van der Waals surface area contributed by atoms with Crippen molar-refractivity contribution in [1.82, 2.24) is 5.43 Å². The van der Waals surface area contributed by atoms with Gasteiger partial charge in [0.15, 0.2) is 10.4 Å². The number of hydrogen-bond donors (Lipinski definition) is 1. The van der Waals surface area contributed by atoms with Crippen LogP contribution in [-0.4, -0.2) is 16.1 Å². The van der Waals surface area contributed by atoms with Crippen molar-refractivity contribution in [2.75, 3.05) is 6.54 Å². The van der Waals surface area contributed by atoms with Crippen LogP contribution in [0.5, 0.6) is 0 Å². The first-order valence-electron chi connectivity index (χ1n) is 3.85. The van der Waals surface area contributed by atoms with Gasteiger partial charge in [0.2, 0.25) is 0 Å². The fourth-order valence-corrected chi connectivity index (χ4v) is 1.08. The van der Waals surface area contributed by atoms with Gasteiger partial charge in [-0.05, 0) is 28.9 Å². The van der Waals surface area contributed by atoms with Crippen molar-refractivity contribution in [2.45, 2.75) is 6.92 Å². The van der Waals surface area contributed by atoms with Crippen molar-refractivity contribution in [1.29, 1.82) is 0 Å². The van der Waals surface area contributed by atoms with Crippen LogP contribution in [0.2, 0.25) is 0 Å². The Morgan fingerprint density at radius 2 is 2.50 bits per heavy atom. The number of rotatable bonds is 4. The van der Waals surface area contributed by atoms with Gasteiger partial charge in [0, 0.05) is 6.54 Å². The highest BCUT2D eigenvalue weighted by Gasteiger charge is 2.13. The van der Waals surface area contributed by atoms with Crippen LogP contribution in [0, 0.1) is 10.1 Å². The molecule has 0 unspecified atom stereocenters. The predicted octanol–water partition coefficient (Wildman–Crippen LogP) is 1.85. The van der Waals surface area contributed by atoms with Crippen LogP contribution in [0.3, 0.4) is 0 Å². The lowest BCUT2D eigenvalue weighted by Crippen LogP contribution is -2.05. The smallest absolute Gasteiger partial charge is 0.398 e. The second-order valence-electron chi connectivity index (χ2n) is 2.31. The molecule has 0 saturated carbocycles. The van der Waals surface area contributed by atoms with E-state index < -0.39 is 4.92 Å². The minimum Gasteiger partial charge on any atom is -0.398 e. The molecule has 0 aliphatic heterocycles. The van der Waals surface area contributed by atoms with Crippen LogP contribution < -0.4 is 5.43 Å². The molecule has 0 spiro atoms. The van der Waals surface area contributed by atoms with E-state index in [1.54, 1.807) is 0 Å². The molecular formula is C7H8BrN3O3. The molecule has 1 heterocycles. The molecule has 14 heavy (non-hydrogen) atoms. The molecule has 0 radical (unpaired) electrons. The van der Waals surface area contributed by atoms with Crippen molar-refractivity contribution in [2.24, 2.45) is 5.10 Å². The van der Waals surface area contributed by atoms with E-state index in [9.17, 15) is 10.1 Å². The summed E-state index contributed by atoms with van der Waals surface area (Å²) in [6.45, 7) is 2.55. The first-order chi connectivity index (χ1) is 6.65. The highest BCUT2D eigenvalue weighted by molar-refractivity contribution is 9.18. The molecule has 0 bridgehead atoms. The molecule has 0 aliphatic rings. The van der Waals surface area contributed by atoms with E-state index in [2.05, 4.69) is 26.5 Å². The number of hydrazone groups is 1. The SMILES string of the molecule is CCNN=C(Br)c1ccc([N+](=O)[O-])o1. The molecule has 0 aliphatic carbocycles. The first-order valence-corrected chi connectivity index (χ1v) is 4.65. The molecule has 0 atom stereocenters. The van der Waals surface area contributed by atoms with E-state index in [-0.39, 0.29) is 5.88 Å². The van der Waals surface area contributed by atoms with E-state index in [4.69, 9.17) is 4.42 Å². The standard InChI is InChI=1S/C7H8BrN3O3/c1-2-9-10-7(8)5-3-4-6(14-5)11(12)13/h3-4,9H,2H2,1H3. The van der Waals surface area contributed by atoms with Crippen LogP contribution in [0.25, 0.3) is 0 Å². The zero-order valence-corrected chi connectivity index (χ0v) is 8.94. The molecule has 0 saturated heterocycles. The van der Waals surface area contributed by atoms with Crippen LogP contribution in [0.1, 0.15) is 12.7 Å². The Morgan fingerprint density at radius 3 is 3.00 bits per heavy atom. The molecule has 7 heteroatoms. The lowest BCUT2D eigenvalue weighted by molar-refractivity contribution is -0.402. The summed E-state index contributed by atoms with van der Waals surface area (Å²) in [6, 6.07) is 2.75. The second-order valence-corrected chi connectivity index (χ2v) is 3.06. The van der Waals surface area contributed by atoms with E-state index in [0.29, 0.717) is 16.9 Å². The van der Waals surface area contributed by atoms with Crippen molar-refractivity contribution >= 4 is 26.4 Å². The summed E-state index contributed by atoms with van der Waals surface area (Å²) in [5.74, 6) is 0.0151. The Labute approximate surface area is 88.3 Å². The third kappa shape index (κ3) is 2.56. The van der Waals surface area contributed by atoms with E-state index >= 15 is 0 Å². The topological polar surface area (TPSA) is 80.7 Å². The first kappa shape index (κ1) is 10.7. The average Bonchev–Trinajstić information content (AvgIpc) is 2.62. The van der Waals surface area contributed by atoms with Crippen molar-refractivity contribution in [3.05, 3.63) is 28.0 Å². The largest absolute Gasteiger partial charge is 0.433 e. The van der Waals surface area contributed by atoms with Gasteiger partial charge < -0.3 is 9.84 Å². The third-order valence-electron chi connectivity index (χ3n) is 1.31. The van der Waals surface area contributed by atoms with E-state index in [1.807, 2.05) is 6.92 Å². The van der Waals surface area contributed by atoms with Gasteiger partial charge in [-0.3, -0.25) is 10.1 Å². The van der Waals surface area contributed by atoms with Gasteiger partial charge in [-0.15, -0.1) is 0 Å². The molecule has 0 fully saturated rings. The third-order valence-corrected chi connectivity index (χ3v) is 1.88. The molecule has 1 aromatic heterocycles. The summed E-state index contributed by atoms with van der Waals surface area (Å²) in [6.07, 6.45) is 0. The van der Waals surface area contributed by atoms with Crippen molar-refractivity contribution < 1.29 is 9.34 Å². The van der Waals surface area contributed by atoms with Gasteiger partial charge in [-0.2, -0.15) is 5.10 Å². The highest BCUT2D eigenvalue weighted by Crippen LogP contribution is 2.17. The fraction of sp³-hybridized carbons (Fsp3) is 0.286. The minimum atomic E-state index is -0.600. The molecule has 6 nitrogen and oxygen atoms in total. The lowest BCUT2D eigenvalue weighted by atomic mass is 10.5. The van der Waals surface area contributed by atoms with Gasteiger partial charge in [0.25, 0.3) is 0 Å². The normalized spacial score (nSPS) is 11.4. The lowest BCUT2D eigenvalue weighted by Gasteiger charge is -1.94. The quantitative estimate of drug-likeness (QED) is 0.510. The van der Waals surface area contributed by atoms with Gasteiger partial charge in [-0.25, -0.2) is 0 Å². The van der Waals surface area contributed by atoms with Crippen molar-refractivity contribution in [3.8, 4) is 0 Å². The summed E-state index contributed by atoms with van der Waals surface area (Å²) >= 11 is 3.12. The van der Waals surface area contributed by atoms with Crippen LogP contribution in [0.15, 0.2) is 21.7 Å². The van der Waals surface area contributed by atoms with Crippen LogP contribution >= 0.6 is 15.9 Å². The maximum atomic E-state index is 10.3. The number of furan rings is 1. The van der Waals surface area contributed by atoms with Gasteiger partial charge in [0.1, 0.15) is 4.92 Å². The Kier molecular flexibility index (Phi) is 3.63. The van der Waals surface area contributed by atoms with Gasteiger partial charge in [0.05, 0.1) is 6.07 Å². The molecule has 1 rings (SSSR count). The Hall–Kier alpha value is -1.37. The summed E-state index contributed by atoms with van der Waals surface area (Å²) in [5.41, 5.74) is 2.70. The molecule has 0 aromatic carbocycles. The number of hydrogen-bond acceptors (Lipinski definition) is 5. The summed E-state index contributed by atoms with van der Waals surface area (Å²) in [5, 5.41) is 14.1. The Balaban J connectivity index is 2.81. The van der Waals surface area contributed by atoms with Crippen LogP contribution in [-0.2, 0) is 0 Å². The summed E-state index contributed by atoms with van der Waals surface area (Å²) < 4.78 is 5.28. The summed E-state index contributed by atoms with van der Waals surface area (Å²) in [4.78, 5) is 9.69. The number of nitrogens with zero attached hydrogens (tertiary/aromatic N) is 2. The molecule has 1 N–H and O–H groups in total. The minimum absolute atomic E-state index is 0.302. The number of nitrogens with one attached hydrogen (secondary N) is 1. The van der Waals surface area contributed by atoms with Gasteiger partial charge in [-0.1, -0.05) is 0 Å². The predicted molar refractivity (Wildman–Crippen MR) is 54.5 cm³/mol. The fourth-order valence-electron chi connectivity index (χ4n) is 0.740. The zero-order chi connectivity index (χ0) is 10.6. The number of nitro groups is 1. The summed E-state index contributed by atoms with van der Waals surface area (Å²) in [7, 11) is 0. The highest BCUT2D eigenvalue weighted by atomic mass is 79.9. The molecule has 0 amide bonds. The molecular weight excluding hydrogens is 254 g/mol. The Morgan fingerprint density at radius 1 is 1.79 bits per heavy atom. The maximum absolute atomic E-state index is 10.3. The second kappa shape index (κ2) is 4.75. The molecule has 76 valence electrons. The monoisotopic (exact) mass is 261 g/mol. The van der Waals surface area contributed by atoms with E-state index in [1.165, 1.54) is 12.1 Å². The van der Waals surface area contributed by atoms with Crippen LogP contribution in [0.4, 0.5) is 5.88 Å². The van der Waals surface area contributed by atoms with Gasteiger partial charge >= 0.3 is 5.88 Å². The molecule has 1 aromatic rings. The number of halogens is 1. The van der Waals surface area contributed by atoms with E-state index in [0.717, 1.165) is 0 Å². The maximum Gasteiger partial charge on any atom is 0.433 e. The average molecular weight is 262 g/mol.